The van der Waals surface area contributed by atoms with Crippen molar-refractivity contribution in [3.05, 3.63) is 45.4 Å². The van der Waals surface area contributed by atoms with Gasteiger partial charge in [-0.05, 0) is 25.1 Å². The molecule has 3 N–H and O–H groups in total. The van der Waals surface area contributed by atoms with Gasteiger partial charge < -0.3 is 5.73 Å². The Morgan fingerprint density at radius 1 is 1.52 bits per heavy atom. The summed E-state index contributed by atoms with van der Waals surface area (Å²) in [4.78, 5) is 4.25. The highest BCUT2D eigenvalue weighted by molar-refractivity contribution is 7.89. The monoisotopic (exact) mass is 361 g/mol. The van der Waals surface area contributed by atoms with Crippen LogP contribution in [-0.4, -0.2) is 18.4 Å². The van der Waals surface area contributed by atoms with Crippen LogP contribution >= 0.6 is 35.2 Å². The minimum absolute atomic E-state index is 0.0518. The number of nitrogens with two attached hydrogens (primary N) is 1. The van der Waals surface area contributed by atoms with Crippen molar-refractivity contribution in [1.82, 2.24) is 9.71 Å². The molecule has 0 spiro atoms. The van der Waals surface area contributed by atoms with Crippen molar-refractivity contribution in [2.75, 3.05) is 0 Å². The van der Waals surface area contributed by atoms with Gasteiger partial charge >= 0.3 is 0 Å². The normalized spacial score (nSPS) is 13.0. The smallest absolute Gasteiger partial charge is 0.241 e. The summed E-state index contributed by atoms with van der Waals surface area (Å²) in [5, 5.41) is 2.67. The zero-order chi connectivity index (χ0) is 15.6. The number of sulfonamides is 1. The van der Waals surface area contributed by atoms with Gasteiger partial charge in [0.15, 0.2) is 0 Å². The number of aromatic nitrogens is 1. The third-order valence-corrected chi connectivity index (χ3v) is 5.70. The Morgan fingerprint density at radius 3 is 2.76 bits per heavy atom. The first-order valence-electron chi connectivity index (χ1n) is 5.82. The molecular weight excluding hydrogens is 350 g/mol. The number of thiocarbonyl (C=S) groups is 1. The standard InChI is InChI=1S/C12H12ClN3O2S3/c1-7(12-15-4-5-20-12)16-21(17,18)8-2-3-9(11(14)19)10(13)6-8/h2-7,16H,1H3,(H2,14,19). The van der Waals surface area contributed by atoms with Gasteiger partial charge in [0.1, 0.15) is 10.00 Å². The molecule has 112 valence electrons. The number of rotatable bonds is 5. The van der Waals surface area contributed by atoms with Gasteiger partial charge in [0, 0.05) is 17.1 Å². The lowest BCUT2D eigenvalue weighted by atomic mass is 10.2. The second-order valence-corrected chi connectivity index (χ2v) is 7.71. The summed E-state index contributed by atoms with van der Waals surface area (Å²) in [6.45, 7) is 1.72. The molecule has 0 aliphatic heterocycles. The molecule has 2 aromatic rings. The highest BCUT2D eigenvalue weighted by atomic mass is 35.5. The second-order valence-electron chi connectivity index (χ2n) is 4.22. The molecule has 1 atom stereocenters. The Balaban J connectivity index is 2.28. The zero-order valence-electron chi connectivity index (χ0n) is 10.9. The third-order valence-electron chi connectivity index (χ3n) is 2.67. The first kappa shape index (κ1) is 16.3. The molecule has 0 aliphatic carbocycles. The Kier molecular flexibility index (Phi) is 4.95. The lowest BCUT2D eigenvalue weighted by Gasteiger charge is -2.13. The average Bonchev–Trinajstić information content (AvgIpc) is 2.91. The van der Waals surface area contributed by atoms with Gasteiger partial charge in [0.05, 0.1) is 16.0 Å². The molecule has 1 heterocycles. The van der Waals surface area contributed by atoms with E-state index < -0.39 is 16.1 Å². The molecule has 0 amide bonds. The Hall–Kier alpha value is -1.06. The average molecular weight is 362 g/mol. The molecule has 0 saturated heterocycles. The van der Waals surface area contributed by atoms with E-state index >= 15 is 0 Å². The molecule has 0 saturated carbocycles. The van der Waals surface area contributed by atoms with E-state index in [1.54, 1.807) is 18.5 Å². The third kappa shape index (κ3) is 3.78. The van der Waals surface area contributed by atoms with Crippen molar-refractivity contribution >= 4 is 50.2 Å². The van der Waals surface area contributed by atoms with Gasteiger partial charge in [-0.3, -0.25) is 0 Å². The van der Waals surface area contributed by atoms with E-state index in [1.807, 2.05) is 0 Å². The molecule has 5 nitrogen and oxygen atoms in total. The molecule has 0 radical (unpaired) electrons. The minimum atomic E-state index is -3.70. The summed E-state index contributed by atoms with van der Waals surface area (Å²) in [6, 6.07) is 3.81. The molecule has 1 unspecified atom stereocenters. The van der Waals surface area contributed by atoms with E-state index in [9.17, 15) is 8.42 Å². The number of hydrogen-bond acceptors (Lipinski definition) is 5. The fourth-order valence-electron chi connectivity index (χ4n) is 1.66. The summed E-state index contributed by atoms with van der Waals surface area (Å²) in [6.07, 6.45) is 1.62. The van der Waals surface area contributed by atoms with Gasteiger partial charge in [-0.2, -0.15) is 0 Å². The van der Waals surface area contributed by atoms with Crippen LogP contribution in [0.4, 0.5) is 0 Å². The number of halogens is 1. The number of thiazole rings is 1. The summed E-state index contributed by atoms with van der Waals surface area (Å²) in [7, 11) is -3.70. The Labute approximate surface area is 137 Å². The van der Waals surface area contributed by atoms with Gasteiger partial charge in [0.25, 0.3) is 0 Å². The molecular formula is C12H12ClN3O2S3. The molecule has 2 rings (SSSR count). The van der Waals surface area contributed by atoms with Crippen LogP contribution in [0.5, 0.6) is 0 Å². The molecule has 0 fully saturated rings. The highest BCUT2D eigenvalue weighted by Crippen LogP contribution is 2.23. The van der Waals surface area contributed by atoms with Crippen LogP contribution < -0.4 is 10.5 Å². The molecule has 0 aliphatic rings. The van der Waals surface area contributed by atoms with Crippen LogP contribution in [0.25, 0.3) is 0 Å². The van der Waals surface area contributed by atoms with Crippen molar-refractivity contribution < 1.29 is 8.42 Å². The number of benzene rings is 1. The first-order chi connectivity index (χ1) is 9.81. The molecule has 1 aromatic carbocycles. The van der Waals surface area contributed by atoms with Crippen molar-refractivity contribution in [2.24, 2.45) is 5.73 Å². The molecule has 21 heavy (non-hydrogen) atoms. The number of nitrogens with zero attached hydrogens (tertiary/aromatic N) is 1. The van der Waals surface area contributed by atoms with Crippen LogP contribution in [0.2, 0.25) is 5.02 Å². The van der Waals surface area contributed by atoms with E-state index in [0.29, 0.717) is 10.6 Å². The van der Waals surface area contributed by atoms with Crippen LogP contribution in [0.1, 0.15) is 23.5 Å². The second kappa shape index (κ2) is 6.37. The lowest BCUT2D eigenvalue weighted by molar-refractivity contribution is 0.566. The van der Waals surface area contributed by atoms with Gasteiger partial charge in [0.2, 0.25) is 10.0 Å². The first-order valence-corrected chi connectivity index (χ1v) is 8.97. The van der Waals surface area contributed by atoms with E-state index in [1.165, 1.54) is 29.5 Å². The summed E-state index contributed by atoms with van der Waals surface area (Å²) < 4.78 is 27.2. The quantitative estimate of drug-likeness (QED) is 0.799. The van der Waals surface area contributed by atoms with E-state index in [-0.39, 0.29) is 14.9 Å². The predicted molar refractivity (Wildman–Crippen MR) is 88.2 cm³/mol. The molecule has 0 bridgehead atoms. The zero-order valence-corrected chi connectivity index (χ0v) is 14.1. The van der Waals surface area contributed by atoms with Gasteiger partial charge in [-0.1, -0.05) is 23.8 Å². The number of hydrogen-bond donors (Lipinski definition) is 2. The Morgan fingerprint density at radius 2 is 2.24 bits per heavy atom. The maximum atomic E-state index is 12.3. The Bertz CT molecular complexity index is 760. The van der Waals surface area contributed by atoms with Crippen LogP contribution in [0.3, 0.4) is 0 Å². The van der Waals surface area contributed by atoms with Gasteiger partial charge in [-0.15, -0.1) is 11.3 Å². The van der Waals surface area contributed by atoms with Crippen molar-refractivity contribution in [3.8, 4) is 0 Å². The lowest BCUT2D eigenvalue weighted by Crippen LogP contribution is -2.27. The van der Waals surface area contributed by atoms with E-state index in [0.717, 1.165) is 0 Å². The van der Waals surface area contributed by atoms with Crippen LogP contribution in [-0.2, 0) is 10.0 Å². The summed E-state index contributed by atoms with van der Waals surface area (Å²) in [5.41, 5.74) is 5.94. The highest BCUT2D eigenvalue weighted by Gasteiger charge is 2.20. The van der Waals surface area contributed by atoms with E-state index in [4.69, 9.17) is 29.6 Å². The maximum Gasteiger partial charge on any atom is 0.241 e. The van der Waals surface area contributed by atoms with Crippen molar-refractivity contribution in [1.29, 1.82) is 0 Å². The minimum Gasteiger partial charge on any atom is -0.389 e. The summed E-state index contributed by atoms with van der Waals surface area (Å²) >= 11 is 12.2. The fourth-order valence-corrected chi connectivity index (χ4v) is 4.20. The number of nitrogens with one attached hydrogen (secondary N) is 1. The predicted octanol–water partition coefficient (Wildman–Crippen LogP) is 2.47. The molecule has 1 aromatic heterocycles. The fraction of sp³-hybridized carbons (Fsp3) is 0.167. The maximum absolute atomic E-state index is 12.3. The summed E-state index contributed by atoms with van der Waals surface area (Å²) in [5.74, 6) is 0. The topological polar surface area (TPSA) is 85.1 Å². The van der Waals surface area contributed by atoms with Crippen molar-refractivity contribution in [3.63, 3.8) is 0 Å². The molecule has 9 heteroatoms. The van der Waals surface area contributed by atoms with Crippen LogP contribution in [0.15, 0.2) is 34.7 Å². The van der Waals surface area contributed by atoms with Gasteiger partial charge in [-0.25, -0.2) is 18.1 Å². The van der Waals surface area contributed by atoms with Crippen molar-refractivity contribution in [2.45, 2.75) is 17.9 Å². The SMILES string of the molecule is CC(NS(=O)(=O)c1ccc(C(N)=S)c(Cl)c1)c1nccs1. The van der Waals surface area contributed by atoms with E-state index in [2.05, 4.69) is 9.71 Å². The van der Waals surface area contributed by atoms with Crippen LogP contribution in [0, 0.1) is 0 Å². The largest absolute Gasteiger partial charge is 0.389 e.